The van der Waals surface area contributed by atoms with Gasteiger partial charge in [-0.25, -0.2) is 9.78 Å². The van der Waals surface area contributed by atoms with Crippen LogP contribution < -0.4 is 0 Å². The second kappa shape index (κ2) is 6.28. The molecular weight excluding hydrogens is 302 g/mol. The van der Waals surface area contributed by atoms with Gasteiger partial charge in [0.1, 0.15) is 5.15 Å². The molecule has 5 heteroatoms. The third-order valence-corrected chi connectivity index (χ3v) is 3.94. The minimum Gasteiger partial charge on any atom is -0.454 e. The monoisotopic (exact) mass is 315 g/mol. The lowest BCUT2D eigenvalue weighted by atomic mass is 10.0. The van der Waals surface area contributed by atoms with Crippen molar-refractivity contribution in [3.63, 3.8) is 0 Å². The van der Waals surface area contributed by atoms with Crippen LogP contribution in [0.3, 0.4) is 0 Å². The largest absolute Gasteiger partial charge is 0.454 e. The van der Waals surface area contributed by atoms with E-state index < -0.39 is 5.97 Å². The molecule has 1 aliphatic rings. The molecule has 112 valence electrons. The van der Waals surface area contributed by atoms with E-state index >= 15 is 0 Å². The molecule has 0 N–H and O–H groups in total. The molecule has 1 aromatic carbocycles. The summed E-state index contributed by atoms with van der Waals surface area (Å²) >= 11 is 5.65. The lowest BCUT2D eigenvalue weighted by Gasteiger charge is -2.06. The molecule has 1 heterocycles. The van der Waals surface area contributed by atoms with Gasteiger partial charge in [-0.2, -0.15) is 0 Å². The van der Waals surface area contributed by atoms with Gasteiger partial charge in [0, 0.05) is 11.8 Å². The number of benzene rings is 1. The molecule has 0 amide bonds. The van der Waals surface area contributed by atoms with E-state index in [-0.39, 0.29) is 18.0 Å². The molecule has 0 radical (unpaired) electrons. The first-order valence-electron chi connectivity index (χ1n) is 7.07. The van der Waals surface area contributed by atoms with Crippen LogP contribution in [0.25, 0.3) is 0 Å². The van der Waals surface area contributed by atoms with Gasteiger partial charge in [0.05, 0.1) is 5.56 Å². The third kappa shape index (κ3) is 3.17. The van der Waals surface area contributed by atoms with Gasteiger partial charge < -0.3 is 4.74 Å². The van der Waals surface area contributed by atoms with Crippen molar-refractivity contribution < 1.29 is 14.3 Å². The number of pyridine rings is 1. The van der Waals surface area contributed by atoms with E-state index in [1.165, 1.54) is 29.5 Å². The van der Waals surface area contributed by atoms with Crippen LogP contribution in [-0.4, -0.2) is 23.3 Å². The molecular formula is C17H14ClNO3. The lowest BCUT2D eigenvalue weighted by molar-refractivity contribution is 0.0474. The van der Waals surface area contributed by atoms with Crippen LogP contribution >= 0.6 is 11.6 Å². The fourth-order valence-electron chi connectivity index (χ4n) is 2.54. The number of esters is 1. The summed E-state index contributed by atoms with van der Waals surface area (Å²) < 4.78 is 5.03. The summed E-state index contributed by atoms with van der Waals surface area (Å²) in [7, 11) is 0. The van der Waals surface area contributed by atoms with Crippen molar-refractivity contribution in [1.82, 2.24) is 4.98 Å². The van der Waals surface area contributed by atoms with E-state index in [1.54, 1.807) is 6.07 Å². The fourth-order valence-corrected chi connectivity index (χ4v) is 2.65. The van der Waals surface area contributed by atoms with Crippen LogP contribution in [0.1, 0.15) is 38.3 Å². The number of carbonyl (C=O) groups is 2. The Morgan fingerprint density at radius 1 is 1.09 bits per heavy atom. The number of nitrogens with zero attached hydrogens (tertiary/aromatic N) is 1. The van der Waals surface area contributed by atoms with Gasteiger partial charge in [-0.3, -0.25) is 4.79 Å². The number of aromatic nitrogens is 1. The van der Waals surface area contributed by atoms with E-state index in [9.17, 15) is 9.59 Å². The predicted octanol–water partition coefficient (Wildman–Crippen LogP) is 3.26. The van der Waals surface area contributed by atoms with E-state index in [0.29, 0.717) is 10.7 Å². The molecule has 1 aliphatic carbocycles. The second-order valence-electron chi connectivity index (χ2n) is 5.21. The smallest absolute Gasteiger partial charge is 0.340 e. The maximum absolute atomic E-state index is 12.1. The molecule has 0 aliphatic heterocycles. The Morgan fingerprint density at radius 2 is 1.86 bits per heavy atom. The zero-order valence-electron chi connectivity index (χ0n) is 11.8. The standard InChI is InChI=1S/C17H14ClNO3/c18-16-7-6-14(9-19-16)17(21)22-10-15(20)13-5-4-11-2-1-3-12(11)8-13/h4-9H,1-3,10H2. The average molecular weight is 316 g/mol. The third-order valence-electron chi connectivity index (χ3n) is 3.72. The number of ether oxygens (including phenoxy) is 1. The number of hydrogen-bond donors (Lipinski definition) is 0. The molecule has 0 unspecified atom stereocenters. The Hall–Kier alpha value is -2.20. The zero-order valence-corrected chi connectivity index (χ0v) is 12.6. The quantitative estimate of drug-likeness (QED) is 0.493. The van der Waals surface area contributed by atoms with Gasteiger partial charge in [-0.05, 0) is 48.6 Å². The Balaban J connectivity index is 1.62. The topological polar surface area (TPSA) is 56.3 Å². The van der Waals surface area contributed by atoms with E-state index in [4.69, 9.17) is 16.3 Å². The van der Waals surface area contributed by atoms with Crippen LogP contribution in [-0.2, 0) is 17.6 Å². The molecule has 0 saturated carbocycles. The molecule has 0 fully saturated rings. The first-order chi connectivity index (χ1) is 10.6. The summed E-state index contributed by atoms with van der Waals surface area (Å²) in [6.45, 7) is -0.278. The molecule has 3 rings (SSSR count). The highest BCUT2D eigenvalue weighted by molar-refractivity contribution is 6.29. The molecule has 22 heavy (non-hydrogen) atoms. The molecule has 0 atom stereocenters. The number of fused-ring (bicyclic) bond motifs is 1. The number of rotatable bonds is 4. The number of halogens is 1. The summed E-state index contributed by atoms with van der Waals surface area (Å²) in [6.07, 6.45) is 4.53. The number of ketones is 1. The lowest BCUT2D eigenvalue weighted by Crippen LogP contribution is -2.14. The van der Waals surface area contributed by atoms with Gasteiger partial charge in [-0.1, -0.05) is 23.7 Å². The highest BCUT2D eigenvalue weighted by Gasteiger charge is 2.16. The zero-order chi connectivity index (χ0) is 15.5. The van der Waals surface area contributed by atoms with Gasteiger partial charge in [0.15, 0.2) is 12.4 Å². The number of aryl methyl sites for hydroxylation is 2. The maximum Gasteiger partial charge on any atom is 0.340 e. The Bertz CT molecular complexity index is 725. The van der Waals surface area contributed by atoms with Gasteiger partial charge in [0.2, 0.25) is 0 Å². The van der Waals surface area contributed by atoms with Crippen molar-refractivity contribution in [2.45, 2.75) is 19.3 Å². The summed E-state index contributed by atoms with van der Waals surface area (Å²) in [5.41, 5.74) is 3.38. The van der Waals surface area contributed by atoms with Crippen molar-refractivity contribution in [1.29, 1.82) is 0 Å². The number of Topliss-reactive ketones (excluding diaryl/α,β-unsaturated/α-hetero) is 1. The molecule has 0 spiro atoms. The molecule has 2 aromatic rings. The summed E-state index contributed by atoms with van der Waals surface area (Å²) in [5, 5.41) is 0.297. The first-order valence-corrected chi connectivity index (χ1v) is 7.45. The Labute approximate surface area is 133 Å². The minimum atomic E-state index is -0.585. The van der Waals surface area contributed by atoms with Gasteiger partial charge in [-0.15, -0.1) is 0 Å². The van der Waals surface area contributed by atoms with E-state index in [0.717, 1.165) is 19.3 Å². The second-order valence-corrected chi connectivity index (χ2v) is 5.59. The molecule has 1 aromatic heterocycles. The van der Waals surface area contributed by atoms with Gasteiger partial charge in [0.25, 0.3) is 0 Å². The maximum atomic E-state index is 12.1. The number of hydrogen-bond acceptors (Lipinski definition) is 4. The van der Waals surface area contributed by atoms with Crippen LogP contribution in [0.5, 0.6) is 0 Å². The van der Waals surface area contributed by atoms with E-state index in [2.05, 4.69) is 4.98 Å². The van der Waals surface area contributed by atoms with Crippen molar-refractivity contribution in [3.8, 4) is 0 Å². The van der Waals surface area contributed by atoms with Crippen LogP contribution in [0.4, 0.5) is 0 Å². The molecule has 0 saturated heterocycles. The van der Waals surface area contributed by atoms with Crippen molar-refractivity contribution >= 4 is 23.4 Å². The first kappa shape index (κ1) is 14.7. The SMILES string of the molecule is O=C(COC(=O)c1ccc(Cl)nc1)c1ccc2c(c1)CCC2. The normalized spacial score (nSPS) is 12.8. The summed E-state index contributed by atoms with van der Waals surface area (Å²) in [5.74, 6) is -0.788. The predicted molar refractivity (Wildman–Crippen MR) is 82.3 cm³/mol. The molecule has 0 bridgehead atoms. The highest BCUT2D eigenvalue weighted by atomic mass is 35.5. The molecule has 4 nitrogen and oxygen atoms in total. The van der Waals surface area contributed by atoms with E-state index in [1.807, 2.05) is 12.1 Å². The summed E-state index contributed by atoms with van der Waals surface area (Å²) in [6, 6.07) is 8.70. The average Bonchev–Trinajstić information content (AvgIpc) is 3.00. The van der Waals surface area contributed by atoms with Crippen LogP contribution in [0.2, 0.25) is 5.15 Å². The van der Waals surface area contributed by atoms with Gasteiger partial charge >= 0.3 is 5.97 Å². The highest BCUT2D eigenvalue weighted by Crippen LogP contribution is 2.23. The van der Waals surface area contributed by atoms with Crippen molar-refractivity contribution in [3.05, 3.63) is 63.9 Å². The Kier molecular flexibility index (Phi) is 4.20. The summed E-state index contributed by atoms with van der Waals surface area (Å²) in [4.78, 5) is 27.7. The Morgan fingerprint density at radius 3 is 2.64 bits per heavy atom. The van der Waals surface area contributed by atoms with Crippen LogP contribution in [0.15, 0.2) is 36.5 Å². The van der Waals surface area contributed by atoms with Crippen molar-refractivity contribution in [2.24, 2.45) is 0 Å². The van der Waals surface area contributed by atoms with Crippen molar-refractivity contribution in [2.75, 3.05) is 6.61 Å². The minimum absolute atomic E-state index is 0.204. The fraction of sp³-hybridized carbons (Fsp3) is 0.235. The number of carbonyl (C=O) groups excluding carboxylic acids is 2. The van der Waals surface area contributed by atoms with Crippen LogP contribution in [0, 0.1) is 0 Å².